The lowest BCUT2D eigenvalue weighted by molar-refractivity contribution is -0.139. The smallest absolute Gasteiger partial charge is 0.341 e. The number of carbonyl (C=O) groups is 1. The van der Waals surface area contributed by atoms with Crippen molar-refractivity contribution in [3.05, 3.63) is 58.4 Å². The molecule has 3 rings (SSSR count). The van der Waals surface area contributed by atoms with Gasteiger partial charge in [0.05, 0.1) is 7.11 Å². The third-order valence-electron chi connectivity index (χ3n) is 3.86. The summed E-state index contributed by atoms with van der Waals surface area (Å²) in [5, 5.41) is 9.49. The first-order chi connectivity index (χ1) is 12.0. The molecule has 0 radical (unpaired) electrons. The molecule has 0 spiro atoms. The van der Waals surface area contributed by atoms with Crippen LogP contribution in [0.4, 0.5) is 0 Å². The molecule has 0 saturated carbocycles. The molecular weight excluding hydrogens is 324 g/mol. The predicted octanol–water partition coefficient (Wildman–Crippen LogP) is 3.24. The Labute approximate surface area is 143 Å². The van der Waals surface area contributed by atoms with E-state index in [0.717, 1.165) is 22.3 Å². The zero-order chi connectivity index (χ0) is 18.0. The third-order valence-corrected chi connectivity index (χ3v) is 3.86. The Bertz CT molecular complexity index is 985. The highest BCUT2D eigenvalue weighted by Gasteiger charge is 2.14. The number of ether oxygens (including phenoxy) is 2. The van der Waals surface area contributed by atoms with Crippen molar-refractivity contribution in [3.8, 4) is 22.6 Å². The Morgan fingerprint density at radius 1 is 1.16 bits per heavy atom. The highest BCUT2D eigenvalue weighted by atomic mass is 16.5. The topological polar surface area (TPSA) is 86.0 Å². The highest BCUT2D eigenvalue weighted by molar-refractivity contribution is 5.95. The number of hydrogen-bond donors (Lipinski definition) is 1. The summed E-state index contributed by atoms with van der Waals surface area (Å²) in [4.78, 5) is 22.7. The number of fused-ring (bicyclic) bond motifs is 1. The molecule has 0 amide bonds. The SMILES string of the molecule is COc1ccc(-c2cc(=O)oc3c(C)c(OCC(=O)O)ccc23)cc1. The summed E-state index contributed by atoms with van der Waals surface area (Å²) in [7, 11) is 1.59. The molecular formula is C19H16O6. The number of methoxy groups -OCH3 is 1. The van der Waals surface area contributed by atoms with Gasteiger partial charge in [-0.3, -0.25) is 0 Å². The van der Waals surface area contributed by atoms with Crippen LogP contribution in [0.3, 0.4) is 0 Å². The molecule has 0 aliphatic carbocycles. The van der Waals surface area contributed by atoms with Crippen LogP contribution in [0.25, 0.3) is 22.1 Å². The van der Waals surface area contributed by atoms with Crippen molar-refractivity contribution in [3.63, 3.8) is 0 Å². The molecule has 128 valence electrons. The second kappa shape index (κ2) is 6.68. The van der Waals surface area contributed by atoms with Gasteiger partial charge in [0, 0.05) is 17.0 Å². The molecule has 3 aromatic rings. The number of rotatable bonds is 5. The maximum absolute atomic E-state index is 12.0. The Morgan fingerprint density at radius 2 is 1.88 bits per heavy atom. The van der Waals surface area contributed by atoms with Gasteiger partial charge in [0.1, 0.15) is 17.1 Å². The summed E-state index contributed by atoms with van der Waals surface area (Å²) in [5.41, 5.74) is 2.03. The first-order valence-electron chi connectivity index (χ1n) is 7.56. The second-order valence-corrected chi connectivity index (χ2v) is 5.46. The van der Waals surface area contributed by atoms with Crippen LogP contribution < -0.4 is 15.1 Å². The maximum atomic E-state index is 12.0. The first-order valence-corrected chi connectivity index (χ1v) is 7.56. The summed E-state index contributed by atoms with van der Waals surface area (Å²) in [6.07, 6.45) is 0. The van der Waals surface area contributed by atoms with Crippen LogP contribution >= 0.6 is 0 Å². The fraction of sp³-hybridized carbons (Fsp3) is 0.158. The standard InChI is InChI=1S/C19H16O6/c1-11-16(24-10-17(20)21)8-7-14-15(9-18(22)25-19(11)14)12-3-5-13(23-2)6-4-12/h3-9H,10H2,1-2H3,(H,20,21). The summed E-state index contributed by atoms with van der Waals surface area (Å²) in [6, 6.07) is 12.2. The fourth-order valence-electron chi connectivity index (χ4n) is 2.65. The maximum Gasteiger partial charge on any atom is 0.341 e. The van der Waals surface area contributed by atoms with Crippen LogP contribution in [-0.4, -0.2) is 24.8 Å². The quantitative estimate of drug-likeness (QED) is 0.718. The number of aliphatic carboxylic acids is 1. The van der Waals surface area contributed by atoms with Crippen molar-refractivity contribution < 1.29 is 23.8 Å². The molecule has 6 heteroatoms. The van der Waals surface area contributed by atoms with Crippen molar-refractivity contribution in [2.45, 2.75) is 6.92 Å². The fourth-order valence-corrected chi connectivity index (χ4v) is 2.65. The number of carboxylic acids is 1. The van der Waals surface area contributed by atoms with E-state index in [1.54, 1.807) is 26.2 Å². The molecule has 0 fully saturated rings. The lowest BCUT2D eigenvalue weighted by Gasteiger charge is -2.11. The van der Waals surface area contributed by atoms with E-state index >= 15 is 0 Å². The molecule has 0 bridgehead atoms. The minimum absolute atomic E-state index is 0.366. The predicted molar refractivity (Wildman–Crippen MR) is 92.3 cm³/mol. The molecule has 0 aliphatic heterocycles. The van der Waals surface area contributed by atoms with Gasteiger partial charge >= 0.3 is 11.6 Å². The van der Waals surface area contributed by atoms with Crippen LogP contribution in [0.1, 0.15) is 5.56 Å². The van der Waals surface area contributed by atoms with E-state index in [1.807, 2.05) is 24.3 Å². The summed E-state index contributed by atoms with van der Waals surface area (Å²) < 4.78 is 15.7. The number of carboxylic acid groups (broad SMARTS) is 1. The zero-order valence-corrected chi connectivity index (χ0v) is 13.7. The number of hydrogen-bond acceptors (Lipinski definition) is 5. The molecule has 0 atom stereocenters. The number of benzene rings is 2. The summed E-state index contributed by atoms with van der Waals surface area (Å²) in [6.45, 7) is 1.26. The van der Waals surface area contributed by atoms with Crippen LogP contribution in [0, 0.1) is 6.92 Å². The Hall–Kier alpha value is -3.28. The van der Waals surface area contributed by atoms with Crippen molar-refractivity contribution in [1.82, 2.24) is 0 Å². The average molecular weight is 340 g/mol. The largest absolute Gasteiger partial charge is 0.497 e. The first kappa shape index (κ1) is 16.6. The Morgan fingerprint density at radius 3 is 2.52 bits per heavy atom. The monoisotopic (exact) mass is 340 g/mol. The van der Waals surface area contributed by atoms with Gasteiger partial charge in [-0.15, -0.1) is 0 Å². The van der Waals surface area contributed by atoms with E-state index < -0.39 is 18.2 Å². The molecule has 2 aromatic carbocycles. The lowest BCUT2D eigenvalue weighted by Crippen LogP contribution is -2.10. The van der Waals surface area contributed by atoms with E-state index in [1.165, 1.54) is 6.07 Å². The Balaban J connectivity index is 2.15. The molecule has 0 saturated heterocycles. The molecule has 1 N–H and O–H groups in total. The normalized spacial score (nSPS) is 10.6. The van der Waals surface area contributed by atoms with Crippen LogP contribution in [0.2, 0.25) is 0 Å². The van der Waals surface area contributed by atoms with E-state index in [4.69, 9.17) is 19.0 Å². The van der Waals surface area contributed by atoms with Gasteiger partial charge in [-0.1, -0.05) is 12.1 Å². The minimum Gasteiger partial charge on any atom is -0.497 e. The lowest BCUT2D eigenvalue weighted by atomic mass is 10.00. The van der Waals surface area contributed by atoms with Crippen molar-refractivity contribution in [1.29, 1.82) is 0 Å². The second-order valence-electron chi connectivity index (χ2n) is 5.46. The van der Waals surface area contributed by atoms with Gasteiger partial charge in [-0.05, 0) is 42.3 Å². The van der Waals surface area contributed by atoms with Crippen LogP contribution in [-0.2, 0) is 4.79 Å². The van der Waals surface area contributed by atoms with Gasteiger partial charge in [-0.25, -0.2) is 9.59 Å². The minimum atomic E-state index is -1.08. The summed E-state index contributed by atoms with van der Waals surface area (Å²) >= 11 is 0. The summed E-state index contributed by atoms with van der Waals surface area (Å²) in [5.74, 6) is 0.00872. The molecule has 1 heterocycles. The zero-order valence-electron chi connectivity index (χ0n) is 13.7. The van der Waals surface area contributed by atoms with Gasteiger partial charge in [0.15, 0.2) is 6.61 Å². The Kier molecular flexibility index (Phi) is 4.43. The van der Waals surface area contributed by atoms with Gasteiger partial charge < -0.3 is 19.0 Å². The molecule has 0 aliphatic rings. The van der Waals surface area contributed by atoms with Crippen molar-refractivity contribution in [2.24, 2.45) is 0 Å². The molecule has 0 unspecified atom stereocenters. The van der Waals surface area contributed by atoms with Gasteiger partial charge in [-0.2, -0.15) is 0 Å². The van der Waals surface area contributed by atoms with Crippen molar-refractivity contribution in [2.75, 3.05) is 13.7 Å². The molecule has 25 heavy (non-hydrogen) atoms. The molecule has 6 nitrogen and oxygen atoms in total. The van der Waals surface area contributed by atoms with E-state index in [2.05, 4.69) is 0 Å². The average Bonchev–Trinajstić information content (AvgIpc) is 2.61. The molecule has 1 aromatic heterocycles. The van der Waals surface area contributed by atoms with Gasteiger partial charge in [0.2, 0.25) is 0 Å². The third kappa shape index (κ3) is 3.33. The van der Waals surface area contributed by atoms with E-state index in [-0.39, 0.29) is 0 Å². The van der Waals surface area contributed by atoms with Crippen LogP contribution in [0.5, 0.6) is 11.5 Å². The number of aryl methyl sites for hydroxylation is 1. The van der Waals surface area contributed by atoms with E-state index in [9.17, 15) is 9.59 Å². The van der Waals surface area contributed by atoms with Gasteiger partial charge in [0.25, 0.3) is 0 Å². The van der Waals surface area contributed by atoms with Crippen molar-refractivity contribution >= 4 is 16.9 Å². The highest BCUT2D eigenvalue weighted by Crippen LogP contribution is 2.33. The van der Waals surface area contributed by atoms with Crippen LogP contribution in [0.15, 0.2) is 51.7 Å². The van der Waals surface area contributed by atoms with E-state index in [0.29, 0.717) is 16.9 Å².